The minimum Gasteiger partial charge on any atom is -0.372 e. The number of aryl methyl sites for hydroxylation is 1. The molecule has 0 radical (unpaired) electrons. The maximum Gasteiger partial charge on any atom is 0.122 e. The number of anilines is 1. The summed E-state index contributed by atoms with van der Waals surface area (Å²) in [6, 6.07) is 16.4. The lowest BCUT2D eigenvalue weighted by Crippen LogP contribution is -2.67. The van der Waals surface area contributed by atoms with Crippen LogP contribution in [0.25, 0.3) is 0 Å². The third-order valence-corrected chi connectivity index (χ3v) is 12.0. The van der Waals surface area contributed by atoms with Gasteiger partial charge in [-0.1, -0.05) is 48.1 Å². The van der Waals surface area contributed by atoms with E-state index in [2.05, 4.69) is 53.9 Å². The summed E-state index contributed by atoms with van der Waals surface area (Å²) in [5, 5.41) is 3.47. The van der Waals surface area contributed by atoms with Crippen LogP contribution >= 0.6 is 0 Å². The summed E-state index contributed by atoms with van der Waals surface area (Å²) in [7, 11) is -1.65. The van der Waals surface area contributed by atoms with Crippen molar-refractivity contribution in [3.05, 3.63) is 53.6 Å². The molecule has 1 unspecified atom stereocenters. The summed E-state index contributed by atoms with van der Waals surface area (Å²) in [6.07, 6.45) is 6.77. The van der Waals surface area contributed by atoms with Crippen LogP contribution in [0.1, 0.15) is 30.4 Å². The molecule has 0 spiro atoms. The number of hydrogen-bond acceptors (Lipinski definition) is 1. The number of nitrogens with zero attached hydrogens (tertiary/aromatic N) is 1. The van der Waals surface area contributed by atoms with Crippen LogP contribution < -0.4 is 15.3 Å². The molecule has 118 valence electrons. The van der Waals surface area contributed by atoms with E-state index in [4.69, 9.17) is 0 Å². The predicted octanol–water partition coefficient (Wildman–Crippen LogP) is 3.35. The van der Waals surface area contributed by atoms with Gasteiger partial charge in [0.15, 0.2) is 0 Å². The fourth-order valence-electron chi connectivity index (χ4n) is 5.53. The SMILES string of the molecule is C[Si@]1(c2ccccc2)c2c(ccc3c2CCC3)N2CCCC1C2. The second-order valence-electron chi connectivity index (χ2n) is 7.80. The molecule has 1 fully saturated rings. The van der Waals surface area contributed by atoms with Crippen LogP contribution in [0.3, 0.4) is 0 Å². The van der Waals surface area contributed by atoms with Crippen LogP contribution in [0.15, 0.2) is 42.5 Å². The van der Waals surface area contributed by atoms with Crippen molar-refractivity contribution in [2.45, 2.75) is 44.2 Å². The first-order valence-electron chi connectivity index (χ1n) is 9.24. The van der Waals surface area contributed by atoms with Gasteiger partial charge in [-0.3, -0.25) is 0 Å². The Kier molecular flexibility index (Phi) is 3.00. The average molecular weight is 320 g/mol. The molecule has 0 N–H and O–H groups in total. The monoisotopic (exact) mass is 319 g/mol. The number of fused-ring (bicyclic) bond motifs is 6. The zero-order valence-corrected chi connectivity index (χ0v) is 15.0. The summed E-state index contributed by atoms with van der Waals surface area (Å²) in [6.45, 7) is 5.23. The van der Waals surface area contributed by atoms with Gasteiger partial charge in [0.2, 0.25) is 0 Å². The van der Waals surface area contributed by atoms with Crippen LogP contribution in [0.5, 0.6) is 0 Å². The van der Waals surface area contributed by atoms with Crippen LogP contribution in [-0.2, 0) is 12.8 Å². The first kappa shape index (κ1) is 13.9. The molecule has 2 aromatic rings. The normalized spacial score (nSPS) is 28.4. The number of hydrogen-bond donors (Lipinski definition) is 0. The highest BCUT2D eigenvalue weighted by atomic mass is 28.3. The van der Waals surface area contributed by atoms with E-state index in [1.165, 1.54) is 45.2 Å². The van der Waals surface area contributed by atoms with Crippen molar-refractivity contribution < 1.29 is 0 Å². The van der Waals surface area contributed by atoms with E-state index < -0.39 is 8.07 Å². The summed E-state index contributed by atoms with van der Waals surface area (Å²) in [5.74, 6) is 0. The van der Waals surface area contributed by atoms with Gasteiger partial charge in [0.1, 0.15) is 8.07 Å². The van der Waals surface area contributed by atoms with E-state index in [1.54, 1.807) is 22.0 Å². The van der Waals surface area contributed by atoms with Crippen molar-refractivity contribution in [2.75, 3.05) is 18.0 Å². The van der Waals surface area contributed by atoms with Crippen molar-refractivity contribution in [3.63, 3.8) is 0 Å². The van der Waals surface area contributed by atoms with E-state index in [-0.39, 0.29) is 0 Å². The van der Waals surface area contributed by atoms with Crippen molar-refractivity contribution in [1.82, 2.24) is 0 Å². The molecule has 0 saturated carbocycles. The highest BCUT2D eigenvalue weighted by Crippen LogP contribution is 2.42. The third-order valence-electron chi connectivity index (χ3n) is 6.73. The molecular formula is C21H25NSi. The zero-order valence-electron chi connectivity index (χ0n) is 14.0. The number of benzene rings is 2. The predicted molar refractivity (Wildman–Crippen MR) is 101 cm³/mol. The second-order valence-corrected chi connectivity index (χ2v) is 12.1. The molecular weight excluding hydrogens is 294 g/mol. The topological polar surface area (TPSA) is 3.24 Å². The molecule has 2 aromatic carbocycles. The smallest absolute Gasteiger partial charge is 0.122 e. The van der Waals surface area contributed by atoms with Gasteiger partial charge in [0.05, 0.1) is 0 Å². The van der Waals surface area contributed by atoms with Crippen LogP contribution in [0.2, 0.25) is 12.1 Å². The lowest BCUT2D eigenvalue weighted by Gasteiger charge is -2.51. The Labute approximate surface area is 140 Å². The zero-order chi connectivity index (χ0) is 15.4. The molecule has 2 atom stereocenters. The summed E-state index contributed by atoms with van der Waals surface area (Å²) >= 11 is 0. The highest BCUT2D eigenvalue weighted by Gasteiger charge is 2.49. The van der Waals surface area contributed by atoms with Gasteiger partial charge >= 0.3 is 0 Å². The van der Waals surface area contributed by atoms with E-state index in [0.29, 0.717) is 0 Å². The van der Waals surface area contributed by atoms with Gasteiger partial charge in [-0.25, -0.2) is 0 Å². The van der Waals surface area contributed by atoms with Crippen molar-refractivity contribution >= 4 is 24.1 Å². The Balaban J connectivity index is 1.82. The fraction of sp³-hybridized carbons (Fsp3) is 0.429. The molecule has 0 aromatic heterocycles. The first-order chi connectivity index (χ1) is 11.3. The molecule has 1 saturated heterocycles. The molecule has 2 heteroatoms. The Morgan fingerprint density at radius 2 is 1.87 bits per heavy atom. The standard InChI is InChI=1S/C21H25NSi/c1-23(17-8-3-2-4-9-17)18-10-6-14-22(15-18)20-13-12-16-7-5-11-19(16)21(20)23/h2-4,8-9,12-13,18H,5-7,10-11,14-15H2,1H3/t18?,23-/m1/s1. The summed E-state index contributed by atoms with van der Waals surface area (Å²) < 4.78 is 0. The minimum atomic E-state index is -1.65. The molecule has 5 rings (SSSR count). The van der Waals surface area contributed by atoms with E-state index >= 15 is 0 Å². The van der Waals surface area contributed by atoms with Gasteiger partial charge in [-0.2, -0.15) is 0 Å². The van der Waals surface area contributed by atoms with Crippen LogP contribution in [-0.4, -0.2) is 21.2 Å². The Hall–Kier alpha value is -1.54. The molecule has 3 aliphatic rings. The van der Waals surface area contributed by atoms with Gasteiger partial charge in [0, 0.05) is 18.8 Å². The maximum atomic E-state index is 2.71. The van der Waals surface area contributed by atoms with Crippen molar-refractivity contribution in [1.29, 1.82) is 0 Å². The van der Waals surface area contributed by atoms with E-state index in [1.807, 2.05) is 5.19 Å². The molecule has 2 aliphatic heterocycles. The third kappa shape index (κ3) is 1.85. The highest BCUT2D eigenvalue weighted by molar-refractivity contribution is 7.03. The fourth-order valence-corrected chi connectivity index (χ4v) is 10.6. The maximum absolute atomic E-state index is 2.71. The molecule has 2 heterocycles. The average Bonchev–Trinajstić information content (AvgIpc) is 3.09. The Morgan fingerprint density at radius 3 is 2.74 bits per heavy atom. The van der Waals surface area contributed by atoms with Gasteiger partial charge in [0.25, 0.3) is 0 Å². The second kappa shape index (κ2) is 4.97. The van der Waals surface area contributed by atoms with Gasteiger partial charge in [-0.05, 0) is 60.0 Å². The van der Waals surface area contributed by atoms with E-state index in [9.17, 15) is 0 Å². The quantitative estimate of drug-likeness (QED) is 0.729. The van der Waals surface area contributed by atoms with Gasteiger partial charge < -0.3 is 4.90 Å². The molecule has 1 nitrogen and oxygen atoms in total. The van der Waals surface area contributed by atoms with Crippen molar-refractivity contribution in [2.24, 2.45) is 0 Å². The molecule has 2 bridgehead atoms. The number of rotatable bonds is 1. The molecule has 1 aliphatic carbocycles. The summed E-state index contributed by atoms with van der Waals surface area (Å²) in [5.41, 5.74) is 5.88. The molecule has 0 amide bonds. The van der Waals surface area contributed by atoms with Crippen LogP contribution in [0, 0.1) is 0 Å². The van der Waals surface area contributed by atoms with Crippen LogP contribution in [0.4, 0.5) is 5.69 Å². The largest absolute Gasteiger partial charge is 0.372 e. The first-order valence-corrected chi connectivity index (χ1v) is 11.8. The summed E-state index contributed by atoms with van der Waals surface area (Å²) in [4.78, 5) is 2.71. The Bertz CT molecular complexity index is 754. The van der Waals surface area contributed by atoms with Gasteiger partial charge in [-0.15, -0.1) is 0 Å². The van der Waals surface area contributed by atoms with E-state index in [0.717, 1.165) is 5.54 Å². The lowest BCUT2D eigenvalue weighted by molar-refractivity contribution is 0.561. The number of piperidine rings is 1. The Morgan fingerprint density at radius 1 is 1.00 bits per heavy atom. The van der Waals surface area contributed by atoms with Crippen molar-refractivity contribution in [3.8, 4) is 0 Å². The molecule has 23 heavy (non-hydrogen) atoms. The lowest BCUT2D eigenvalue weighted by atomic mass is 10.0. The minimum absolute atomic E-state index is 0.887.